The van der Waals surface area contributed by atoms with Crippen molar-refractivity contribution in [3.8, 4) is 11.1 Å². The van der Waals surface area contributed by atoms with Gasteiger partial charge in [-0.05, 0) is 42.0 Å². The number of likely N-dealkylation sites (tertiary alicyclic amines) is 1. The number of fused-ring (bicyclic) bond motifs is 3. The summed E-state index contributed by atoms with van der Waals surface area (Å²) in [7, 11) is 0. The van der Waals surface area contributed by atoms with Gasteiger partial charge in [-0.2, -0.15) is 0 Å². The van der Waals surface area contributed by atoms with Crippen molar-refractivity contribution >= 4 is 18.0 Å². The van der Waals surface area contributed by atoms with E-state index in [-0.39, 0.29) is 25.0 Å². The predicted octanol–water partition coefficient (Wildman–Crippen LogP) is 4.65. The van der Waals surface area contributed by atoms with Gasteiger partial charge in [-0.15, -0.1) is 0 Å². The van der Waals surface area contributed by atoms with E-state index in [1.54, 1.807) is 18.7 Å². The summed E-state index contributed by atoms with van der Waals surface area (Å²) in [6.45, 7) is 6.34. The average molecular weight is 479 g/mol. The van der Waals surface area contributed by atoms with Gasteiger partial charge in [0.1, 0.15) is 6.61 Å². The highest BCUT2D eigenvalue weighted by atomic mass is 16.5. The van der Waals surface area contributed by atoms with E-state index >= 15 is 0 Å². The standard InChI is InChI=1S/C28H34N2O5/c1-4-13-28(26(32)33)14-15-30(17-28)25(31)18(2)19(3)29-27(34)35-16-24-22-11-7-5-9-20(22)21-10-6-8-12-23(21)24/h5-12,18-19,24H,4,13-17H2,1-3H3,(H,29,34)(H,32,33). The minimum atomic E-state index is -0.867. The molecule has 0 radical (unpaired) electrons. The molecule has 1 saturated heterocycles. The maximum Gasteiger partial charge on any atom is 0.407 e. The lowest BCUT2D eigenvalue weighted by Crippen LogP contribution is -2.46. The molecular weight excluding hydrogens is 444 g/mol. The van der Waals surface area contributed by atoms with Crippen LogP contribution in [0.2, 0.25) is 0 Å². The Morgan fingerprint density at radius 2 is 1.69 bits per heavy atom. The molecule has 7 heteroatoms. The monoisotopic (exact) mass is 478 g/mol. The molecule has 4 rings (SSSR count). The number of hydrogen-bond acceptors (Lipinski definition) is 4. The molecular formula is C28H34N2O5. The molecule has 7 nitrogen and oxygen atoms in total. The molecule has 2 amide bonds. The molecule has 2 aromatic rings. The number of nitrogens with zero attached hydrogens (tertiary/aromatic N) is 1. The van der Waals surface area contributed by atoms with E-state index in [9.17, 15) is 19.5 Å². The lowest BCUT2D eigenvalue weighted by Gasteiger charge is -2.28. The van der Waals surface area contributed by atoms with Crippen molar-refractivity contribution in [2.24, 2.45) is 11.3 Å². The third-order valence-corrected chi connectivity index (χ3v) is 7.68. The summed E-state index contributed by atoms with van der Waals surface area (Å²) in [6, 6.07) is 15.8. The maximum absolute atomic E-state index is 13.1. The number of aliphatic carboxylic acids is 1. The summed E-state index contributed by atoms with van der Waals surface area (Å²) in [5, 5.41) is 12.5. The highest BCUT2D eigenvalue weighted by Gasteiger charge is 2.46. The molecule has 2 aliphatic rings. The van der Waals surface area contributed by atoms with Gasteiger partial charge >= 0.3 is 12.1 Å². The van der Waals surface area contributed by atoms with Gasteiger partial charge in [0.25, 0.3) is 0 Å². The Morgan fingerprint density at radius 3 is 2.26 bits per heavy atom. The van der Waals surface area contributed by atoms with Gasteiger partial charge in [0.05, 0.1) is 11.3 Å². The fourth-order valence-electron chi connectivity index (χ4n) is 5.48. The van der Waals surface area contributed by atoms with Crippen molar-refractivity contribution in [2.45, 2.75) is 52.0 Å². The number of alkyl carbamates (subject to hydrolysis) is 1. The van der Waals surface area contributed by atoms with E-state index in [0.717, 1.165) is 28.7 Å². The number of carbonyl (C=O) groups excluding carboxylic acids is 2. The van der Waals surface area contributed by atoms with Crippen LogP contribution >= 0.6 is 0 Å². The SMILES string of the molecule is CCCC1(C(=O)O)CCN(C(=O)C(C)C(C)NC(=O)OCC2c3ccccc3-c3ccccc32)C1. The summed E-state index contributed by atoms with van der Waals surface area (Å²) in [5.41, 5.74) is 3.74. The largest absolute Gasteiger partial charge is 0.481 e. The zero-order valence-corrected chi connectivity index (χ0v) is 20.6. The van der Waals surface area contributed by atoms with Crippen molar-refractivity contribution in [1.82, 2.24) is 10.2 Å². The number of ether oxygens (including phenoxy) is 1. The van der Waals surface area contributed by atoms with Gasteiger partial charge in [-0.3, -0.25) is 9.59 Å². The van der Waals surface area contributed by atoms with Gasteiger partial charge < -0.3 is 20.1 Å². The van der Waals surface area contributed by atoms with Crippen molar-refractivity contribution in [3.05, 3.63) is 59.7 Å². The minimum absolute atomic E-state index is 0.0326. The molecule has 0 bridgehead atoms. The minimum Gasteiger partial charge on any atom is -0.481 e. The molecule has 0 saturated carbocycles. The number of carboxylic acids is 1. The summed E-state index contributed by atoms with van der Waals surface area (Å²) in [5.74, 6) is -1.51. The summed E-state index contributed by atoms with van der Waals surface area (Å²) >= 11 is 0. The van der Waals surface area contributed by atoms with E-state index in [4.69, 9.17) is 4.74 Å². The summed E-state index contributed by atoms with van der Waals surface area (Å²) in [6.07, 6.45) is 1.20. The molecule has 3 atom stereocenters. The molecule has 1 aliphatic carbocycles. The second-order valence-electron chi connectivity index (χ2n) is 9.89. The predicted molar refractivity (Wildman–Crippen MR) is 133 cm³/mol. The van der Waals surface area contributed by atoms with E-state index in [0.29, 0.717) is 19.4 Å². The summed E-state index contributed by atoms with van der Waals surface area (Å²) < 4.78 is 5.61. The lowest BCUT2D eigenvalue weighted by atomic mass is 9.83. The number of carboxylic acid groups (broad SMARTS) is 1. The topological polar surface area (TPSA) is 95.9 Å². The molecule has 0 spiro atoms. The van der Waals surface area contributed by atoms with E-state index in [1.165, 1.54) is 0 Å². The third-order valence-electron chi connectivity index (χ3n) is 7.68. The third kappa shape index (κ3) is 4.77. The highest BCUT2D eigenvalue weighted by molar-refractivity contribution is 5.83. The van der Waals surface area contributed by atoms with Crippen molar-refractivity contribution < 1.29 is 24.2 Å². The second-order valence-corrected chi connectivity index (χ2v) is 9.89. The zero-order valence-electron chi connectivity index (χ0n) is 20.6. The Hall–Kier alpha value is -3.35. The van der Waals surface area contributed by atoms with Crippen LogP contribution < -0.4 is 5.32 Å². The molecule has 186 valence electrons. The van der Waals surface area contributed by atoms with Gasteiger partial charge in [0.2, 0.25) is 5.91 Å². The number of rotatable bonds is 8. The Bertz CT molecular complexity index is 1070. The van der Waals surface area contributed by atoms with Crippen LogP contribution in [0, 0.1) is 11.3 Å². The van der Waals surface area contributed by atoms with Crippen LogP contribution in [0.25, 0.3) is 11.1 Å². The Kier molecular flexibility index (Phi) is 7.15. The Balaban J connectivity index is 1.34. The molecule has 1 fully saturated rings. The number of hydrogen-bond donors (Lipinski definition) is 2. The second kappa shape index (κ2) is 10.1. The normalized spacial score (nSPS) is 20.6. The Morgan fingerprint density at radius 1 is 1.09 bits per heavy atom. The van der Waals surface area contributed by atoms with Crippen LogP contribution in [-0.4, -0.2) is 53.7 Å². The molecule has 2 N–H and O–H groups in total. The molecule has 0 aromatic heterocycles. The van der Waals surface area contributed by atoms with E-state index in [2.05, 4.69) is 29.6 Å². The highest BCUT2D eigenvalue weighted by Crippen LogP contribution is 2.44. The first-order valence-electron chi connectivity index (χ1n) is 12.4. The number of nitrogens with one attached hydrogen (secondary N) is 1. The van der Waals surface area contributed by atoms with Crippen LogP contribution in [-0.2, 0) is 14.3 Å². The maximum atomic E-state index is 13.1. The van der Waals surface area contributed by atoms with Crippen LogP contribution in [0.1, 0.15) is 57.1 Å². The molecule has 3 unspecified atom stereocenters. The first-order chi connectivity index (χ1) is 16.8. The molecule has 35 heavy (non-hydrogen) atoms. The van der Waals surface area contributed by atoms with Crippen molar-refractivity contribution in [3.63, 3.8) is 0 Å². The number of benzene rings is 2. The first kappa shape index (κ1) is 24.8. The Labute approximate surface area is 206 Å². The molecule has 2 aromatic carbocycles. The molecule has 1 heterocycles. The van der Waals surface area contributed by atoms with Crippen LogP contribution in [0.3, 0.4) is 0 Å². The van der Waals surface area contributed by atoms with Crippen LogP contribution in [0.15, 0.2) is 48.5 Å². The fourth-order valence-corrected chi connectivity index (χ4v) is 5.48. The average Bonchev–Trinajstić information content (AvgIpc) is 3.42. The lowest BCUT2D eigenvalue weighted by molar-refractivity contribution is -0.149. The zero-order chi connectivity index (χ0) is 25.2. The van der Waals surface area contributed by atoms with Gasteiger partial charge in [0.15, 0.2) is 0 Å². The fraction of sp³-hybridized carbons (Fsp3) is 0.464. The first-order valence-corrected chi connectivity index (χ1v) is 12.4. The summed E-state index contributed by atoms with van der Waals surface area (Å²) in [4.78, 5) is 39.2. The number of amides is 2. The van der Waals surface area contributed by atoms with Gasteiger partial charge in [-0.25, -0.2) is 4.79 Å². The van der Waals surface area contributed by atoms with Gasteiger partial charge in [0, 0.05) is 25.0 Å². The molecule has 1 aliphatic heterocycles. The quantitative estimate of drug-likeness (QED) is 0.576. The van der Waals surface area contributed by atoms with Crippen LogP contribution in [0.5, 0.6) is 0 Å². The van der Waals surface area contributed by atoms with Crippen molar-refractivity contribution in [2.75, 3.05) is 19.7 Å². The van der Waals surface area contributed by atoms with Crippen LogP contribution in [0.4, 0.5) is 4.79 Å². The van der Waals surface area contributed by atoms with E-state index < -0.39 is 29.4 Å². The smallest absolute Gasteiger partial charge is 0.407 e. The van der Waals surface area contributed by atoms with Crippen molar-refractivity contribution in [1.29, 1.82) is 0 Å². The number of carbonyl (C=O) groups is 3. The van der Waals surface area contributed by atoms with E-state index in [1.807, 2.05) is 31.2 Å². The van der Waals surface area contributed by atoms with Gasteiger partial charge in [-0.1, -0.05) is 68.8 Å².